The predicted molar refractivity (Wildman–Crippen MR) is 94.2 cm³/mol. The van der Waals surface area contributed by atoms with Crippen molar-refractivity contribution in [2.24, 2.45) is 0 Å². The smallest absolute Gasteiger partial charge is 0.159 e. The normalized spacial score (nSPS) is 10.2. The van der Waals surface area contributed by atoms with E-state index in [9.17, 15) is 4.79 Å². The van der Waals surface area contributed by atoms with Gasteiger partial charge in [0.15, 0.2) is 5.78 Å². The van der Waals surface area contributed by atoms with Gasteiger partial charge in [0.25, 0.3) is 0 Å². The highest BCUT2D eigenvalue weighted by atomic mass is 16.5. The highest BCUT2D eigenvalue weighted by Gasteiger charge is 2.03. The molecular formula is C21H18O3. The monoisotopic (exact) mass is 318 g/mol. The quantitative estimate of drug-likeness (QED) is 0.559. The van der Waals surface area contributed by atoms with E-state index in [1.807, 2.05) is 55.5 Å². The third-order valence-corrected chi connectivity index (χ3v) is 3.56. The zero-order valence-corrected chi connectivity index (χ0v) is 13.7. The van der Waals surface area contributed by atoms with Crippen molar-refractivity contribution in [3.05, 3.63) is 83.9 Å². The van der Waals surface area contributed by atoms with Gasteiger partial charge in [-0.1, -0.05) is 23.8 Å². The van der Waals surface area contributed by atoms with E-state index in [-0.39, 0.29) is 5.78 Å². The van der Waals surface area contributed by atoms with Crippen molar-refractivity contribution in [1.29, 1.82) is 0 Å². The van der Waals surface area contributed by atoms with Crippen LogP contribution in [-0.4, -0.2) is 5.78 Å². The summed E-state index contributed by atoms with van der Waals surface area (Å²) < 4.78 is 11.7. The maximum absolute atomic E-state index is 11.3. The molecule has 0 unspecified atom stereocenters. The van der Waals surface area contributed by atoms with Crippen LogP contribution in [0.25, 0.3) is 0 Å². The molecule has 0 atom stereocenters. The zero-order chi connectivity index (χ0) is 16.9. The summed E-state index contributed by atoms with van der Waals surface area (Å²) in [6.45, 7) is 3.58. The number of ether oxygens (including phenoxy) is 2. The predicted octanol–water partition coefficient (Wildman–Crippen LogP) is 5.78. The molecule has 120 valence electrons. The van der Waals surface area contributed by atoms with Gasteiger partial charge in [0.05, 0.1) is 0 Å². The van der Waals surface area contributed by atoms with Crippen LogP contribution in [0.1, 0.15) is 22.8 Å². The molecule has 0 saturated carbocycles. The highest BCUT2D eigenvalue weighted by Crippen LogP contribution is 2.28. The van der Waals surface area contributed by atoms with Crippen molar-refractivity contribution < 1.29 is 14.3 Å². The summed E-state index contributed by atoms with van der Waals surface area (Å²) in [5, 5.41) is 0. The van der Waals surface area contributed by atoms with Crippen LogP contribution >= 0.6 is 0 Å². The molecule has 3 rings (SSSR count). The molecule has 0 heterocycles. The van der Waals surface area contributed by atoms with Crippen molar-refractivity contribution in [2.75, 3.05) is 0 Å². The Morgan fingerprint density at radius 3 is 1.71 bits per heavy atom. The molecule has 0 aromatic heterocycles. The maximum atomic E-state index is 11.3. The standard InChI is InChI=1S/C21H18O3/c1-15-6-10-18(11-7-15)23-20-4-3-5-21(14-20)24-19-12-8-17(9-13-19)16(2)22/h3-14H,1-2H3. The Bertz CT molecular complexity index is 834. The van der Waals surface area contributed by atoms with E-state index in [0.717, 1.165) is 5.75 Å². The largest absolute Gasteiger partial charge is 0.457 e. The second kappa shape index (κ2) is 7.01. The van der Waals surface area contributed by atoms with Crippen LogP contribution in [0.2, 0.25) is 0 Å². The number of carbonyl (C=O) groups excluding carboxylic acids is 1. The number of hydrogen-bond acceptors (Lipinski definition) is 3. The molecule has 0 fully saturated rings. The van der Waals surface area contributed by atoms with Gasteiger partial charge in [-0.2, -0.15) is 0 Å². The molecular weight excluding hydrogens is 300 g/mol. The van der Waals surface area contributed by atoms with Crippen LogP contribution in [0.4, 0.5) is 0 Å². The lowest BCUT2D eigenvalue weighted by atomic mass is 10.1. The lowest BCUT2D eigenvalue weighted by Crippen LogP contribution is -1.91. The van der Waals surface area contributed by atoms with Gasteiger partial charge >= 0.3 is 0 Å². The van der Waals surface area contributed by atoms with Gasteiger partial charge < -0.3 is 9.47 Å². The molecule has 3 heteroatoms. The van der Waals surface area contributed by atoms with Crippen molar-refractivity contribution in [3.63, 3.8) is 0 Å². The molecule has 0 aliphatic carbocycles. The topological polar surface area (TPSA) is 35.5 Å². The number of benzene rings is 3. The average molecular weight is 318 g/mol. The van der Waals surface area contributed by atoms with Crippen molar-refractivity contribution in [2.45, 2.75) is 13.8 Å². The first kappa shape index (κ1) is 15.8. The third-order valence-electron chi connectivity index (χ3n) is 3.56. The number of ketones is 1. The molecule has 3 nitrogen and oxygen atoms in total. The number of rotatable bonds is 5. The Labute approximate surface area is 141 Å². The van der Waals surface area contributed by atoms with E-state index < -0.39 is 0 Å². The van der Waals surface area contributed by atoms with Gasteiger partial charge in [0.2, 0.25) is 0 Å². The summed E-state index contributed by atoms with van der Waals surface area (Å²) in [4.78, 5) is 11.3. The Morgan fingerprint density at radius 2 is 1.21 bits per heavy atom. The van der Waals surface area contributed by atoms with Gasteiger partial charge in [0, 0.05) is 11.6 Å². The fourth-order valence-corrected chi connectivity index (χ4v) is 2.24. The maximum Gasteiger partial charge on any atom is 0.159 e. The van der Waals surface area contributed by atoms with Crippen molar-refractivity contribution in [1.82, 2.24) is 0 Å². The van der Waals surface area contributed by atoms with Crippen LogP contribution in [0, 0.1) is 6.92 Å². The molecule has 0 saturated heterocycles. The minimum Gasteiger partial charge on any atom is -0.457 e. The minimum absolute atomic E-state index is 0.0371. The van der Waals surface area contributed by atoms with E-state index in [1.54, 1.807) is 31.2 Å². The molecule has 0 bridgehead atoms. The molecule has 0 N–H and O–H groups in total. The summed E-state index contributed by atoms with van der Waals surface area (Å²) in [5.41, 5.74) is 1.85. The fraction of sp³-hybridized carbons (Fsp3) is 0.0952. The third kappa shape index (κ3) is 4.02. The van der Waals surface area contributed by atoms with Crippen LogP contribution in [0.5, 0.6) is 23.0 Å². The van der Waals surface area contributed by atoms with E-state index in [4.69, 9.17) is 9.47 Å². The fourth-order valence-electron chi connectivity index (χ4n) is 2.24. The molecule has 0 aliphatic heterocycles. The summed E-state index contributed by atoms with van der Waals surface area (Å²) in [7, 11) is 0. The molecule has 3 aromatic rings. The summed E-state index contributed by atoms with van der Waals surface area (Å²) in [6, 6.07) is 22.4. The Hall–Kier alpha value is -3.07. The summed E-state index contributed by atoms with van der Waals surface area (Å²) >= 11 is 0. The number of aryl methyl sites for hydroxylation is 1. The second-order valence-corrected chi connectivity index (χ2v) is 5.57. The lowest BCUT2D eigenvalue weighted by molar-refractivity contribution is 0.101. The van der Waals surface area contributed by atoms with E-state index in [1.165, 1.54) is 5.56 Å². The molecule has 0 spiro atoms. The number of hydrogen-bond donors (Lipinski definition) is 0. The minimum atomic E-state index is 0.0371. The van der Waals surface area contributed by atoms with Crippen molar-refractivity contribution in [3.8, 4) is 23.0 Å². The van der Waals surface area contributed by atoms with Crippen LogP contribution in [0.3, 0.4) is 0 Å². The summed E-state index contributed by atoms with van der Waals surface area (Å²) in [5.74, 6) is 2.87. The molecule has 0 amide bonds. The molecule has 0 radical (unpaired) electrons. The first-order chi connectivity index (χ1) is 11.6. The SMILES string of the molecule is CC(=O)c1ccc(Oc2cccc(Oc3ccc(C)cc3)c2)cc1. The molecule has 3 aromatic carbocycles. The Morgan fingerprint density at radius 1 is 0.708 bits per heavy atom. The van der Waals surface area contributed by atoms with Crippen LogP contribution in [0.15, 0.2) is 72.8 Å². The lowest BCUT2D eigenvalue weighted by Gasteiger charge is -2.09. The van der Waals surface area contributed by atoms with Crippen LogP contribution < -0.4 is 9.47 Å². The summed E-state index contributed by atoms with van der Waals surface area (Å²) in [6.07, 6.45) is 0. The Kier molecular flexibility index (Phi) is 4.62. The van der Waals surface area contributed by atoms with Gasteiger partial charge in [-0.25, -0.2) is 0 Å². The first-order valence-corrected chi connectivity index (χ1v) is 7.73. The second-order valence-electron chi connectivity index (χ2n) is 5.57. The van der Waals surface area contributed by atoms with E-state index in [2.05, 4.69) is 0 Å². The zero-order valence-electron chi connectivity index (χ0n) is 13.7. The van der Waals surface area contributed by atoms with Crippen LogP contribution in [-0.2, 0) is 0 Å². The number of carbonyl (C=O) groups is 1. The van der Waals surface area contributed by atoms with Gasteiger partial charge in [-0.15, -0.1) is 0 Å². The van der Waals surface area contributed by atoms with Crippen molar-refractivity contribution >= 4 is 5.78 Å². The first-order valence-electron chi connectivity index (χ1n) is 7.73. The molecule has 0 aliphatic rings. The highest BCUT2D eigenvalue weighted by molar-refractivity contribution is 5.94. The average Bonchev–Trinajstić information content (AvgIpc) is 2.58. The Balaban J connectivity index is 1.72. The number of Topliss-reactive ketones (excluding diaryl/α,β-unsaturated/α-hetero) is 1. The van der Waals surface area contributed by atoms with Gasteiger partial charge in [0.1, 0.15) is 23.0 Å². The van der Waals surface area contributed by atoms with E-state index >= 15 is 0 Å². The van der Waals surface area contributed by atoms with Gasteiger partial charge in [-0.3, -0.25) is 4.79 Å². The van der Waals surface area contributed by atoms with E-state index in [0.29, 0.717) is 22.8 Å². The molecule has 24 heavy (non-hydrogen) atoms. The van der Waals surface area contributed by atoms with Gasteiger partial charge in [-0.05, 0) is 62.4 Å².